The third kappa shape index (κ3) is 16.2. The number of alkyl halides is 1. The van der Waals surface area contributed by atoms with Crippen molar-refractivity contribution in [1.29, 1.82) is 0 Å². The summed E-state index contributed by atoms with van der Waals surface area (Å²) in [5, 5.41) is -0.493. The van der Waals surface area contributed by atoms with Gasteiger partial charge in [-0.3, -0.25) is 4.79 Å². The summed E-state index contributed by atoms with van der Waals surface area (Å²) >= 11 is 7.43. The Morgan fingerprint density at radius 2 is 1.27 bits per heavy atom. The molecule has 8 saturated heterocycles. The van der Waals surface area contributed by atoms with Crippen molar-refractivity contribution in [3.8, 4) is 0 Å². The van der Waals surface area contributed by atoms with Gasteiger partial charge >= 0.3 is 5.97 Å². The summed E-state index contributed by atoms with van der Waals surface area (Å²) in [6, 6.07) is 10.2. The molecule has 1 aromatic carbocycles. The van der Waals surface area contributed by atoms with Gasteiger partial charge in [0.1, 0.15) is 24.4 Å². The molecule has 0 aliphatic carbocycles. The molecule has 0 unspecified atom stereocenters. The minimum Gasteiger partial charge on any atom is -0.459 e. The molecule has 9 bridgehead atoms. The van der Waals surface area contributed by atoms with E-state index >= 15 is 0 Å². The molecule has 18 heteroatoms. The minimum absolute atomic E-state index is 0.000706. The molecule has 0 saturated carbocycles. The van der Waals surface area contributed by atoms with Crippen LogP contribution in [0, 0.1) is 17.8 Å². The zero-order valence-corrected chi connectivity index (χ0v) is 58.1. The lowest BCUT2D eigenvalue weighted by atomic mass is 9.81. The van der Waals surface area contributed by atoms with Crippen LogP contribution < -0.4 is 0 Å². The Morgan fingerprint density at radius 3 is 1.95 bits per heavy atom. The molecule has 8 aliphatic rings. The van der Waals surface area contributed by atoms with E-state index in [1.807, 2.05) is 32.0 Å². The molecule has 0 N–H and O–H groups in total. The fourth-order valence-corrected chi connectivity index (χ4v) is 17.8. The first kappa shape index (κ1) is 68.3. The van der Waals surface area contributed by atoms with Gasteiger partial charge in [0.15, 0.2) is 39.8 Å². The molecule has 20 atom stereocenters. The van der Waals surface area contributed by atoms with E-state index in [0.29, 0.717) is 71.0 Å². The van der Waals surface area contributed by atoms with Crippen molar-refractivity contribution in [1.82, 2.24) is 0 Å². The first-order valence-corrected chi connectivity index (χ1v) is 39.4. The number of methoxy groups -OCH3 is 2. The zero-order chi connectivity index (χ0) is 61.5. The highest BCUT2D eigenvalue weighted by Gasteiger charge is 2.62. The lowest BCUT2D eigenvalue weighted by Crippen LogP contribution is -2.61. The van der Waals surface area contributed by atoms with Crippen LogP contribution in [0.4, 0.5) is 0 Å². The number of fused-ring (bicyclic) bond motifs is 8. The van der Waals surface area contributed by atoms with Crippen molar-refractivity contribution in [2.75, 3.05) is 20.8 Å². The fourth-order valence-electron chi connectivity index (χ4n) is 14.6. The summed E-state index contributed by atoms with van der Waals surface area (Å²) in [5.41, 5.74) is 1.09. The van der Waals surface area contributed by atoms with E-state index < -0.39 is 75.7 Å². The normalized spacial score (nSPS) is 41.9. The smallest absolute Gasteiger partial charge is 0.308 e. The molecule has 0 aromatic heterocycles. The van der Waals surface area contributed by atoms with Gasteiger partial charge in [-0.25, -0.2) is 0 Å². The number of rotatable bonds is 11. The van der Waals surface area contributed by atoms with Crippen LogP contribution in [0.2, 0.25) is 36.3 Å². The minimum atomic E-state index is -2.33. The molecular weight excluding hydrogens is 1140 g/mol. The Morgan fingerprint density at radius 1 is 0.635 bits per heavy atom. The third-order valence-electron chi connectivity index (χ3n) is 21.8. The molecule has 8 heterocycles. The van der Waals surface area contributed by atoms with Gasteiger partial charge in [0.2, 0.25) is 0 Å². The molecule has 8 fully saturated rings. The second-order valence-corrected chi connectivity index (χ2v) is 40.9. The van der Waals surface area contributed by atoms with Crippen molar-refractivity contribution in [2.24, 2.45) is 17.8 Å². The van der Waals surface area contributed by atoms with Crippen molar-refractivity contribution in [2.45, 2.75) is 342 Å². The van der Waals surface area contributed by atoms with Crippen molar-refractivity contribution in [3.05, 3.63) is 35.9 Å². The van der Waals surface area contributed by atoms with Crippen LogP contribution in [0.1, 0.15) is 197 Å². The molecule has 486 valence electrons. The summed E-state index contributed by atoms with van der Waals surface area (Å²) in [7, 11) is -1.15. The molecule has 1 aromatic rings. The summed E-state index contributed by atoms with van der Waals surface area (Å²) in [4.78, 5) is 14.6. The van der Waals surface area contributed by atoms with Gasteiger partial charge in [-0.05, 0) is 138 Å². The average Bonchev–Trinajstić information content (AvgIpc) is 2.21. The molecule has 0 radical (unpaired) electrons. The average molecular weight is 1250 g/mol. The van der Waals surface area contributed by atoms with Crippen molar-refractivity contribution in [3.63, 3.8) is 0 Å². The van der Waals surface area contributed by atoms with Gasteiger partial charge < -0.3 is 65.7 Å². The Balaban J connectivity index is 1.06. The number of carbonyl (C=O) groups is 1. The molecule has 8 aliphatic heterocycles. The summed E-state index contributed by atoms with van der Waals surface area (Å²) in [6.07, 6.45) is 7.87. The van der Waals surface area contributed by atoms with E-state index in [0.717, 1.165) is 56.9 Å². The topological polar surface area (TPSA) is 146 Å². The number of esters is 1. The maximum absolute atomic E-state index is 14.6. The summed E-state index contributed by atoms with van der Waals surface area (Å²) in [5.74, 6) is -3.94. The quantitative estimate of drug-likeness (QED) is 0.0895. The first-order chi connectivity index (χ1) is 39.8. The highest BCUT2D eigenvalue weighted by atomic mass is 35.5. The molecule has 85 heavy (non-hydrogen) atoms. The summed E-state index contributed by atoms with van der Waals surface area (Å²) < 4.78 is 98.5. The summed E-state index contributed by atoms with van der Waals surface area (Å²) in [6.45, 7) is 34.9. The van der Waals surface area contributed by atoms with E-state index in [2.05, 4.69) is 101 Å². The van der Waals surface area contributed by atoms with Crippen LogP contribution in [0.5, 0.6) is 0 Å². The number of ether oxygens (including phenoxy) is 12. The maximum Gasteiger partial charge on any atom is 0.308 e. The van der Waals surface area contributed by atoms with Crippen molar-refractivity contribution >= 4 is 34.2 Å². The second kappa shape index (κ2) is 27.2. The van der Waals surface area contributed by atoms with Crippen LogP contribution in [-0.4, -0.2) is 151 Å². The lowest BCUT2D eigenvalue weighted by Gasteiger charge is -2.54. The molecule has 15 nitrogen and oxygen atoms in total. The van der Waals surface area contributed by atoms with Gasteiger partial charge in [0, 0.05) is 77.5 Å². The fraction of sp³-hybridized carbons (Fsp3) is 0.896. The molecule has 9 rings (SSSR count). The van der Waals surface area contributed by atoms with Gasteiger partial charge in [0.05, 0.1) is 61.1 Å². The van der Waals surface area contributed by atoms with Gasteiger partial charge in [0.25, 0.3) is 0 Å². The van der Waals surface area contributed by atoms with Crippen LogP contribution in [-0.2, 0) is 77.1 Å². The van der Waals surface area contributed by atoms with E-state index in [9.17, 15) is 4.79 Å². The van der Waals surface area contributed by atoms with E-state index in [4.69, 9.17) is 77.3 Å². The second-order valence-electron chi connectivity index (χ2n) is 30.9. The van der Waals surface area contributed by atoms with E-state index in [1.54, 1.807) is 14.2 Å². The van der Waals surface area contributed by atoms with Gasteiger partial charge in [-0.15, -0.1) is 11.6 Å². The van der Waals surface area contributed by atoms with Crippen LogP contribution in [0.3, 0.4) is 0 Å². The number of hydrogen-bond donors (Lipinski definition) is 0. The standard InChI is InChI=1S/C67H113ClO15Si2/c1-43-28-32-65-34-30-53(70-12)60(80-65)61-59(78-64(10,11)79-61)44(2)26-27-52-58(68)56(71-13)40-66(75-52)33-29-45(3)67(83-66)41-55(51(77-67)31-35-72-42-46-22-19-18-20-23-46)74-57(69)39-48-25-21-24-47(73-48)36-49(81-84(14,15)62(4,5)6)37-50(38-54(43)76-65)82-85(16,17)63(7,8)9/h18-20,22-23,43-45,47-56,58-61H,21,24-42H2,1-17H3/t43-,44-,45-,47-,48+,49+,50-,51-,52+,53-,54+,55-,56+,58+,59-,60-,61-,65-,66+,67+/m0/s1. The predicted octanol–water partition coefficient (Wildman–Crippen LogP) is 14.5. The third-order valence-corrected chi connectivity index (χ3v) is 31.5. The zero-order valence-electron chi connectivity index (χ0n) is 55.3. The number of halogens is 1. The predicted molar refractivity (Wildman–Crippen MR) is 333 cm³/mol. The first-order valence-electron chi connectivity index (χ1n) is 33.1. The lowest BCUT2D eigenvalue weighted by molar-refractivity contribution is -0.414. The Hall–Kier alpha value is -1.11. The van der Waals surface area contributed by atoms with E-state index in [1.165, 1.54) is 0 Å². The van der Waals surface area contributed by atoms with Crippen LogP contribution in [0.15, 0.2) is 30.3 Å². The Labute approximate surface area is 519 Å². The molecule has 0 amide bonds. The number of hydrogen-bond acceptors (Lipinski definition) is 15. The van der Waals surface area contributed by atoms with Gasteiger partial charge in [-0.1, -0.05) is 92.6 Å². The number of carbonyl (C=O) groups excluding carboxylic acids is 1. The Bertz CT molecular complexity index is 2320. The highest BCUT2D eigenvalue weighted by Crippen LogP contribution is 2.54. The van der Waals surface area contributed by atoms with E-state index in [-0.39, 0.29) is 89.1 Å². The van der Waals surface area contributed by atoms with Crippen LogP contribution >= 0.6 is 11.6 Å². The highest BCUT2D eigenvalue weighted by molar-refractivity contribution is 6.74. The SMILES string of the molecule is CO[C@H]1CC[C@]23CC[C@H](C)[C@@H](C[C@@H](O[Si](C)(C)C(C)(C)C)C[C@H](O[Si](C)(C)C(C)(C)C)C[C@@H]4CCC[C@H](CC(=O)O[C@H]5C[C@@]6(O[C@H]5CCOCc5ccccc5)O[C@]5(CC[C@@H]6C)C[C@@H](OC)[C@H](Cl)[C@@H](CC[C@H](C)[C@@H]6OC(C)(C)O[C@@H]6[C@H]1O2)O5)O4)O3. The molecular formula is C67H113ClO15Si2. The van der Waals surface area contributed by atoms with Gasteiger partial charge in [-0.2, -0.15) is 0 Å². The maximum atomic E-state index is 14.6. The monoisotopic (exact) mass is 1250 g/mol. The van der Waals surface area contributed by atoms with Crippen LogP contribution in [0.25, 0.3) is 0 Å². The molecule has 3 spiro atoms. The number of benzene rings is 1. The Kier molecular flexibility index (Phi) is 21.9. The largest absolute Gasteiger partial charge is 0.459 e. The van der Waals surface area contributed by atoms with Crippen molar-refractivity contribution < 1.29 is 70.5 Å².